The van der Waals surface area contributed by atoms with E-state index in [2.05, 4.69) is 14.9 Å². The van der Waals surface area contributed by atoms with Gasteiger partial charge in [-0.2, -0.15) is 0 Å². The maximum absolute atomic E-state index is 15.5. The summed E-state index contributed by atoms with van der Waals surface area (Å²) in [5.74, 6) is 1.13. The van der Waals surface area contributed by atoms with Gasteiger partial charge in [0.2, 0.25) is 0 Å². The molecule has 0 radical (unpaired) electrons. The molecule has 0 spiro atoms. The van der Waals surface area contributed by atoms with E-state index in [4.69, 9.17) is 4.74 Å². The Morgan fingerprint density at radius 1 is 1.22 bits per heavy atom. The second kappa shape index (κ2) is 13.0. The number of thioether (sulfide) groups is 1. The van der Waals surface area contributed by atoms with Gasteiger partial charge in [-0.15, -0.1) is 11.8 Å². The summed E-state index contributed by atoms with van der Waals surface area (Å²) in [6, 6.07) is 13.2. The van der Waals surface area contributed by atoms with Gasteiger partial charge in [-0.1, -0.05) is 6.07 Å². The molecule has 0 bridgehead atoms. The number of nitrogens with zero attached hydrogens (tertiary/aromatic N) is 3. The van der Waals surface area contributed by atoms with Gasteiger partial charge in [0.1, 0.15) is 11.9 Å². The van der Waals surface area contributed by atoms with Crippen LogP contribution in [0.25, 0.3) is 10.9 Å². The normalized spacial score (nSPS) is 19.3. The summed E-state index contributed by atoms with van der Waals surface area (Å²) in [6.45, 7) is 2.64. The Kier molecular flexibility index (Phi) is 9.53. The molecule has 2 aromatic heterocycles. The average Bonchev–Trinajstić information content (AvgIpc) is 2.90. The van der Waals surface area contributed by atoms with Gasteiger partial charge in [-0.3, -0.25) is 9.78 Å². The van der Waals surface area contributed by atoms with Crippen LogP contribution in [0.3, 0.4) is 0 Å². The van der Waals surface area contributed by atoms with E-state index in [1.165, 1.54) is 0 Å². The van der Waals surface area contributed by atoms with Gasteiger partial charge in [0.15, 0.2) is 0 Å². The fraction of sp³-hybridized carbons (Fsp3) is 0.464. The van der Waals surface area contributed by atoms with E-state index in [0.29, 0.717) is 24.2 Å². The van der Waals surface area contributed by atoms with Crippen LogP contribution in [0.5, 0.6) is 5.75 Å². The first-order chi connectivity index (χ1) is 17.5. The standard InChI is InChI=1S/C28H34FN3O3S/c1-35-22-7-9-26-24(18-22)23(10-13-30-26)25(29)8-6-20-11-15-32(19-21(20)17-28(33)34)14-4-16-36-27-5-2-3-12-31-27/h2-3,5,7,9-10,12-13,18,20-21,25H,4,6,8,11,14-17,19H2,1H3,(H,33,34)/t20-,21+,25?/m1/s1. The number of piperidine rings is 1. The first-order valence-electron chi connectivity index (χ1n) is 12.6. The highest BCUT2D eigenvalue weighted by atomic mass is 32.2. The zero-order valence-electron chi connectivity index (χ0n) is 20.7. The van der Waals surface area contributed by atoms with Crippen LogP contribution >= 0.6 is 11.8 Å². The van der Waals surface area contributed by atoms with E-state index in [1.807, 2.05) is 36.4 Å². The van der Waals surface area contributed by atoms with E-state index in [1.54, 1.807) is 37.3 Å². The number of hydrogen-bond donors (Lipinski definition) is 1. The van der Waals surface area contributed by atoms with E-state index >= 15 is 4.39 Å². The van der Waals surface area contributed by atoms with Crippen molar-refractivity contribution in [2.24, 2.45) is 11.8 Å². The number of carboxylic acids is 1. The van der Waals surface area contributed by atoms with Gasteiger partial charge in [0.05, 0.1) is 17.7 Å². The number of aliphatic carboxylic acids is 1. The summed E-state index contributed by atoms with van der Waals surface area (Å²) in [6.07, 6.45) is 5.44. The van der Waals surface area contributed by atoms with Crippen molar-refractivity contribution < 1.29 is 19.0 Å². The van der Waals surface area contributed by atoms with Gasteiger partial charge in [-0.25, -0.2) is 9.37 Å². The molecule has 1 aliphatic heterocycles. The van der Waals surface area contributed by atoms with Crippen LogP contribution in [0.15, 0.2) is 59.9 Å². The Balaban J connectivity index is 1.31. The number of fused-ring (bicyclic) bond motifs is 1. The largest absolute Gasteiger partial charge is 0.497 e. The molecule has 1 N–H and O–H groups in total. The lowest BCUT2D eigenvalue weighted by Gasteiger charge is -2.38. The van der Waals surface area contributed by atoms with Crippen molar-refractivity contribution in [3.63, 3.8) is 0 Å². The molecule has 4 rings (SSSR count). The van der Waals surface area contributed by atoms with Crippen molar-refractivity contribution in [3.8, 4) is 5.75 Å². The molecule has 6 nitrogen and oxygen atoms in total. The fourth-order valence-electron chi connectivity index (χ4n) is 5.15. The number of aromatic nitrogens is 2. The number of rotatable bonds is 12. The fourth-order valence-corrected chi connectivity index (χ4v) is 5.95. The van der Waals surface area contributed by atoms with Gasteiger partial charge in [0.25, 0.3) is 0 Å². The molecule has 36 heavy (non-hydrogen) atoms. The van der Waals surface area contributed by atoms with Crippen LogP contribution in [0.4, 0.5) is 4.39 Å². The van der Waals surface area contributed by atoms with Crippen LogP contribution in [0.2, 0.25) is 0 Å². The molecule has 0 saturated carbocycles. The molecule has 0 amide bonds. The van der Waals surface area contributed by atoms with E-state index in [-0.39, 0.29) is 18.3 Å². The maximum Gasteiger partial charge on any atom is 0.303 e. The maximum atomic E-state index is 15.5. The molecule has 1 unspecified atom stereocenters. The Morgan fingerprint density at radius 2 is 2.11 bits per heavy atom. The molecule has 3 aromatic rings. The van der Waals surface area contributed by atoms with Gasteiger partial charge in [0, 0.05) is 36.5 Å². The number of benzene rings is 1. The van der Waals surface area contributed by atoms with Crippen molar-refractivity contribution in [2.45, 2.75) is 43.3 Å². The lowest BCUT2D eigenvalue weighted by Crippen LogP contribution is -2.42. The van der Waals surface area contributed by atoms with Crippen LogP contribution < -0.4 is 4.74 Å². The summed E-state index contributed by atoms with van der Waals surface area (Å²) in [7, 11) is 1.60. The number of alkyl halides is 1. The Bertz CT molecular complexity index is 1130. The van der Waals surface area contributed by atoms with Gasteiger partial charge >= 0.3 is 5.97 Å². The van der Waals surface area contributed by atoms with Crippen LogP contribution in [0, 0.1) is 11.8 Å². The molecular formula is C28H34FN3O3S. The summed E-state index contributed by atoms with van der Waals surface area (Å²) in [5, 5.41) is 11.3. The van der Waals surface area contributed by atoms with Crippen molar-refractivity contribution in [1.29, 1.82) is 0 Å². The lowest BCUT2D eigenvalue weighted by molar-refractivity contribution is -0.139. The van der Waals surface area contributed by atoms with Crippen molar-refractivity contribution in [2.75, 3.05) is 32.5 Å². The number of likely N-dealkylation sites (tertiary alicyclic amines) is 1. The number of pyridine rings is 2. The first-order valence-corrected chi connectivity index (χ1v) is 13.6. The number of halogens is 1. The van der Waals surface area contributed by atoms with Gasteiger partial charge < -0.3 is 14.7 Å². The molecule has 1 aromatic carbocycles. The SMILES string of the molecule is COc1ccc2nccc(C(F)CC[C@@H]3CCN(CCCSc4ccccn4)C[C@@H]3CC(=O)O)c2c1. The highest BCUT2D eigenvalue weighted by Gasteiger charge is 2.31. The number of carboxylic acid groups (broad SMARTS) is 1. The Hall–Kier alpha value is -2.71. The molecule has 0 aliphatic carbocycles. The lowest BCUT2D eigenvalue weighted by atomic mass is 9.79. The highest BCUT2D eigenvalue weighted by molar-refractivity contribution is 7.99. The third-order valence-corrected chi connectivity index (χ3v) is 8.06. The summed E-state index contributed by atoms with van der Waals surface area (Å²) < 4.78 is 20.8. The zero-order chi connectivity index (χ0) is 25.3. The number of carbonyl (C=O) groups is 1. The minimum absolute atomic E-state index is 0.0428. The first kappa shape index (κ1) is 26.4. The zero-order valence-corrected chi connectivity index (χ0v) is 21.5. The topological polar surface area (TPSA) is 75.5 Å². The smallest absolute Gasteiger partial charge is 0.303 e. The van der Waals surface area contributed by atoms with Crippen molar-refractivity contribution >= 4 is 28.6 Å². The summed E-state index contributed by atoms with van der Waals surface area (Å²) >= 11 is 1.75. The molecule has 1 saturated heterocycles. The third-order valence-electron chi connectivity index (χ3n) is 7.03. The molecule has 1 fully saturated rings. The third kappa shape index (κ3) is 7.17. The molecular weight excluding hydrogens is 477 g/mol. The minimum atomic E-state index is -1.13. The highest BCUT2D eigenvalue weighted by Crippen LogP contribution is 2.36. The van der Waals surface area contributed by atoms with E-state index in [9.17, 15) is 9.90 Å². The monoisotopic (exact) mass is 511 g/mol. The Labute approximate surface area is 216 Å². The minimum Gasteiger partial charge on any atom is -0.497 e. The summed E-state index contributed by atoms with van der Waals surface area (Å²) in [5.41, 5.74) is 1.37. The molecule has 1 aliphatic rings. The number of ether oxygens (including phenoxy) is 1. The van der Waals surface area contributed by atoms with Crippen LogP contribution in [-0.2, 0) is 4.79 Å². The van der Waals surface area contributed by atoms with Crippen molar-refractivity contribution in [3.05, 3.63) is 60.4 Å². The molecule has 3 atom stereocenters. The van der Waals surface area contributed by atoms with Crippen molar-refractivity contribution in [1.82, 2.24) is 14.9 Å². The molecule has 3 heterocycles. The van der Waals surface area contributed by atoms with E-state index in [0.717, 1.165) is 54.2 Å². The number of hydrogen-bond acceptors (Lipinski definition) is 6. The predicted octanol–water partition coefficient (Wildman–Crippen LogP) is 6.02. The number of methoxy groups -OCH3 is 1. The van der Waals surface area contributed by atoms with Crippen LogP contribution in [0.1, 0.15) is 43.8 Å². The molecule has 8 heteroatoms. The van der Waals surface area contributed by atoms with E-state index < -0.39 is 12.1 Å². The predicted molar refractivity (Wildman–Crippen MR) is 141 cm³/mol. The Morgan fingerprint density at radius 3 is 2.89 bits per heavy atom. The quantitative estimate of drug-likeness (QED) is 0.235. The average molecular weight is 512 g/mol. The van der Waals surface area contributed by atoms with Gasteiger partial charge in [-0.05, 0) is 92.6 Å². The summed E-state index contributed by atoms with van der Waals surface area (Å²) in [4.78, 5) is 22.7. The second-order valence-electron chi connectivity index (χ2n) is 9.41. The second-order valence-corrected chi connectivity index (χ2v) is 10.5. The van der Waals surface area contributed by atoms with Crippen LogP contribution in [-0.4, -0.2) is 58.4 Å². The molecule has 192 valence electrons.